The molecule has 23 heavy (non-hydrogen) atoms. The fraction of sp³-hybridized carbons (Fsp3) is 0.214. The van der Waals surface area contributed by atoms with Gasteiger partial charge in [-0.15, -0.1) is 0 Å². The summed E-state index contributed by atoms with van der Waals surface area (Å²) in [6, 6.07) is 5.71. The second kappa shape index (κ2) is 7.43. The van der Waals surface area contributed by atoms with Crippen molar-refractivity contribution >= 4 is 11.7 Å². The maximum absolute atomic E-state index is 12.0. The number of amides is 2. The summed E-state index contributed by atoms with van der Waals surface area (Å²) in [5.74, 6) is -0.177. The smallest absolute Gasteiger partial charge is 0.422 e. The molecule has 0 atom stereocenters. The van der Waals surface area contributed by atoms with Gasteiger partial charge in [-0.25, -0.2) is 9.78 Å². The van der Waals surface area contributed by atoms with E-state index in [0.29, 0.717) is 12.2 Å². The number of alkyl halides is 3. The zero-order chi connectivity index (χ0) is 16.7. The molecule has 2 rings (SSSR count). The molecule has 0 aliphatic heterocycles. The van der Waals surface area contributed by atoms with Gasteiger partial charge in [-0.1, -0.05) is 6.07 Å². The molecular weight excluding hydrogens is 313 g/mol. The van der Waals surface area contributed by atoms with Gasteiger partial charge in [-0.3, -0.25) is 4.98 Å². The lowest BCUT2D eigenvalue weighted by molar-refractivity contribution is -0.154. The Hall–Kier alpha value is -2.84. The predicted octanol–water partition coefficient (Wildman–Crippen LogP) is 2.74. The van der Waals surface area contributed by atoms with Crippen LogP contribution in [0.25, 0.3) is 0 Å². The standard InChI is InChI=1S/C14H13F3N4O2/c15-14(16,17)9-23-12-4-3-11(8-19-12)21-13(22)20-7-10-2-1-5-18-6-10/h1-6,8H,7,9H2,(H2,20,21,22). The molecule has 122 valence electrons. The SMILES string of the molecule is O=C(NCc1cccnc1)Nc1ccc(OCC(F)(F)F)nc1. The third-order valence-electron chi connectivity index (χ3n) is 2.55. The van der Waals surface area contributed by atoms with Gasteiger partial charge in [-0.2, -0.15) is 13.2 Å². The average molecular weight is 326 g/mol. The first kappa shape index (κ1) is 16.5. The molecule has 0 bridgehead atoms. The minimum Gasteiger partial charge on any atom is -0.468 e. The number of ether oxygens (including phenoxy) is 1. The maximum Gasteiger partial charge on any atom is 0.422 e. The highest BCUT2D eigenvalue weighted by Gasteiger charge is 2.28. The van der Waals surface area contributed by atoms with E-state index < -0.39 is 18.8 Å². The normalized spacial score (nSPS) is 10.9. The predicted molar refractivity (Wildman–Crippen MR) is 75.9 cm³/mol. The van der Waals surface area contributed by atoms with Gasteiger partial charge in [0.25, 0.3) is 0 Å². The van der Waals surface area contributed by atoms with Crippen LogP contribution in [0.5, 0.6) is 5.88 Å². The van der Waals surface area contributed by atoms with Crippen molar-refractivity contribution < 1.29 is 22.7 Å². The van der Waals surface area contributed by atoms with Crippen molar-refractivity contribution in [2.24, 2.45) is 0 Å². The Morgan fingerprint density at radius 1 is 1.22 bits per heavy atom. The molecule has 0 fully saturated rings. The number of rotatable bonds is 5. The van der Waals surface area contributed by atoms with E-state index in [-0.39, 0.29) is 5.88 Å². The van der Waals surface area contributed by atoms with E-state index in [9.17, 15) is 18.0 Å². The maximum atomic E-state index is 12.0. The number of carbonyl (C=O) groups excluding carboxylic acids is 1. The summed E-state index contributed by atoms with van der Waals surface area (Å²) >= 11 is 0. The van der Waals surface area contributed by atoms with E-state index in [0.717, 1.165) is 5.56 Å². The summed E-state index contributed by atoms with van der Waals surface area (Å²) in [5.41, 5.74) is 1.16. The quantitative estimate of drug-likeness (QED) is 0.886. The molecule has 0 spiro atoms. The molecule has 0 aromatic carbocycles. The Labute approximate surface area is 129 Å². The third kappa shape index (κ3) is 6.20. The highest BCUT2D eigenvalue weighted by Crippen LogP contribution is 2.17. The number of nitrogens with zero attached hydrogens (tertiary/aromatic N) is 2. The summed E-state index contributed by atoms with van der Waals surface area (Å²) in [5, 5.41) is 5.11. The molecule has 0 aliphatic rings. The van der Waals surface area contributed by atoms with Gasteiger partial charge >= 0.3 is 12.2 Å². The van der Waals surface area contributed by atoms with E-state index in [1.54, 1.807) is 18.5 Å². The number of hydrogen-bond donors (Lipinski definition) is 2. The molecule has 6 nitrogen and oxygen atoms in total. The number of aromatic nitrogens is 2. The van der Waals surface area contributed by atoms with Crippen molar-refractivity contribution in [2.45, 2.75) is 12.7 Å². The molecule has 0 unspecified atom stereocenters. The van der Waals surface area contributed by atoms with Gasteiger partial charge in [0.05, 0.1) is 11.9 Å². The number of halogens is 3. The van der Waals surface area contributed by atoms with E-state index in [2.05, 4.69) is 25.3 Å². The number of hydrogen-bond acceptors (Lipinski definition) is 4. The minimum absolute atomic E-state index is 0.177. The first-order valence-corrected chi connectivity index (χ1v) is 6.52. The number of nitrogens with one attached hydrogen (secondary N) is 2. The zero-order valence-electron chi connectivity index (χ0n) is 11.8. The van der Waals surface area contributed by atoms with Gasteiger partial charge in [-0.05, 0) is 17.7 Å². The van der Waals surface area contributed by atoms with E-state index >= 15 is 0 Å². The molecule has 2 amide bonds. The van der Waals surface area contributed by atoms with Crippen LogP contribution >= 0.6 is 0 Å². The first-order valence-electron chi connectivity index (χ1n) is 6.52. The largest absolute Gasteiger partial charge is 0.468 e. The Morgan fingerprint density at radius 2 is 2.04 bits per heavy atom. The molecule has 9 heteroatoms. The van der Waals surface area contributed by atoms with Crippen molar-refractivity contribution in [1.82, 2.24) is 15.3 Å². The fourth-order valence-electron chi connectivity index (χ4n) is 1.56. The summed E-state index contributed by atoms with van der Waals surface area (Å²) in [6.07, 6.45) is 0.0203. The highest BCUT2D eigenvalue weighted by molar-refractivity contribution is 5.88. The van der Waals surface area contributed by atoms with E-state index in [4.69, 9.17) is 0 Å². The second-order valence-corrected chi connectivity index (χ2v) is 4.46. The Bertz CT molecular complexity index is 633. The Morgan fingerprint density at radius 3 is 2.65 bits per heavy atom. The molecule has 2 N–H and O–H groups in total. The Balaban J connectivity index is 1.80. The van der Waals surface area contributed by atoms with Crippen LogP contribution in [0.1, 0.15) is 5.56 Å². The fourth-order valence-corrected chi connectivity index (χ4v) is 1.56. The van der Waals surface area contributed by atoms with Crippen molar-refractivity contribution in [1.29, 1.82) is 0 Å². The van der Waals surface area contributed by atoms with Gasteiger partial charge in [0.15, 0.2) is 6.61 Å². The molecule has 2 aromatic heterocycles. The molecule has 0 radical (unpaired) electrons. The summed E-state index contributed by atoms with van der Waals surface area (Å²) in [7, 11) is 0. The Kier molecular flexibility index (Phi) is 5.34. The summed E-state index contributed by atoms with van der Waals surface area (Å²) < 4.78 is 40.4. The van der Waals surface area contributed by atoms with Gasteiger partial charge in [0.2, 0.25) is 5.88 Å². The average Bonchev–Trinajstić information content (AvgIpc) is 2.53. The number of pyridine rings is 2. The van der Waals surface area contributed by atoms with Crippen LogP contribution < -0.4 is 15.4 Å². The molecule has 2 aromatic rings. The zero-order valence-corrected chi connectivity index (χ0v) is 11.8. The number of anilines is 1. The van der Waals surface area contributed by atoms with Crippen molar-refractivity contribution in [3.63, 3.8) is 0 Å². The lowest BCUT2D eigenvalue weighted by Gasteiger charge is -2.10. The minimum atomic E-state index is -4.43. The van der Waals surface area contributed by atoms with Crippen LogP contribution in [0.4, 0.5) is 23.7 Å². The van der Waals surface area contributed by atoms with Crippen molar-refractivity contribution in [3.8, 4) is 5.88 Å². The van der Waals surface area contributed by atoms with Crippen molar-refractivity contribution in [3.05, 3.63) is 48.4 Å². The second-order valence-electron chi connectivity index (χ2n) is 4.46. The molecule has 0 aliphatic carbocycles. The van der Waals surface area contributed by atoms with Crippen LogP contribution in [-0.4, -0.2) is 28.8 Å². The van der Waals surface area contributed by atoms with Crippen LogP contribution in [0.15, 0.2) is 42.9 Å². The van der Waals surface area contributed by atoms with E-state index in [1.165, 1.54) is 18.3 Å². The monoisotopic (exact) mass is 326 g/mol. The van der Waals surface area contributed by atoms with Crippen LogP contribution in [0.3, 0.4) is 0 Å². The van der Waals surface area contributed by atoms with Crippen molar-refractivity contribution in [2.75, 3.05) is 11.9 Å². The van der Waals surface area contributed by atoms with Crippen LogP contribution in [0, 0.1) is 0 Å². The van der Waals surface area contributed by atoms with E-state index in [1.807, 2.05) is 6.07 Å². The van der Waals surface area contributed by atoms with Gasteiger partial charge in [0, 0.05) is 25.0 Å². The van der Waals surface area contributed by atoms with Crippen LogP contribution in [0.2, 0.25) is 0 Å². The number of carbonyl (C=O) groups is 1. The topological polar surface area (TPSA) is 76.1 Å². The lowest BCUT2D eigenvalue weighted by atomic mass is 10.3. The highest BCUT2D eigenvalue weighted by atomic mass is 19.4. The first-order chi connectivity index (χ1) is 10.9. The van der Waals surface area contributed by atoms with Gasteiger partial charge < -0.3 is 15.4 Å². The van der Waals surface area contributed by atoms with Gasteiger partial charge in [0.1, 0.15) is 0 Å². The molecular formula is C14H13F3N4O2. The molecule has 0 saturated carbocycles. The summed E-state index contributed by atoms with van der Waals surface area (Å²) in [4.78, 5) is 19.3. The summed E-state index contributed by atoms with van der Waals surface area (Å²) in [6.45, 7) is -1.13. The molecule has 2 heterocycles. The number of urea groups is 1. The third-order valence-corrected chi connectivity index (χ3v) is 2.55. The lowest BCUT2D eigenvalue weighted by Crippen LogP contribution is -2.28. The molecule has 0 saturated heterocycles. The van der Waals surface area contributed by atoms with Crippen LogP contribution in [-0.2, 0) is 6.54 Å².